The normalized spacial score (nSPS) is 42.8. The van der Waals surface area contributed by atoms with Gasteiger partial charge in [-0.15, -0.1) is 0 Å². The van der Waals surface area contributed by atoms with Crippen molar-refractivity contribution in [3.05, 3.63) is 0 Å². The van der Waals surface area contributed by atoms with E-state index in [0.717, 1.165) is 5.84 Å². The summed E-state index contributed by atoms with van der Waals surface area (Å²) < 4.78 is 6.00. The molecule has 0 unspecified atom stereocenters. The molecule has 21 heavy (non-hydrogen) atoms. The van der Waals surface area contributed by atoms with Crippen LogP contribution in [0.1, 0.15) is 38.5 Å². The molecule has 0 aromatic heterocycles. The minimum Gasteiger partial charge on any atom is -0.388 e. The number of nitrogens with zero attached hydrogens (tertiary/aromatic N) is 1. The number of ether oxygens (including phenoxy) is 1. The molecule has 120 valence electrons. The Morgan fingerprint density at radius 2 is 2.00 bits per heavy atom. The van der Waals surface area contributed by atoms with Crippen LogP contribution in [0.4, 0.5) is 0 Å². The molecule has 5 atom stereocenters. The second-order valence-corrected chi connectivity index (χ2v) is 6.48. The van der Waals surface area contributed by atoms with Gasteiger partial charge in [0.05, 0.1) is 24.1 Å². The van der Waals surface area contributed by atoms with Crippen molar-refractivity contribution in [3.63, 3.8) is 0 Å². The van der Waals surface area contributed by atoms with Gasteiger partial charge in [-0.3, -0.25) is 4.99 Å². The number of aliphatic imine (C=N–C) groups is 1. The van der Waals surface area contributed by atoms with E-state index in [1.807, 2.05) is 0 Å². The molecule has 0 aromatic carbocycles. The van der Waals surface area contributed by atoms with Gasteiger partial charge in [0.25, 0.3) is 0 Å². The molecule has 4 N–H and O–H groups in total. The molecule has 0 radical (unpaired) electrons. The Labute approximate surface area is 126 Å². The van der Waals surface area contributed by atoms with Crippen molar-refractivity contribution in [2.75, 3.05) is 13.6 Å². The van der Waals surface area contributed by atoms with E-state index in [2.05, 4.69) is 15.6 Å². The van der Waals surface area contributed by atoms with E-state index in [9.17, 15) is 10.2 Å². The maximum absolute atomic E-state index is 10.3. The first-order valence-corrected chi connectivity index (χ1v) is 8.16. The van der Waals surface area contributed by atoms with Crippen LogP contribution in [-0.4, -0.2) is 66.1 Å². The molecule has 0 amide bonds. The predicted octanol–water partition coefficient (Wildman–Crippen LogP) is -0.212. The van der Waals surface area contributed by atoms with E-state index in [4.69, 9.17) is 4.74 Å². The lowest BCUT2D eigenvalue weighted by molar-refractivity contribution is -0.172. The summed E-state index contributed by atoms with van der Waals surface area (Å²) in [4.78, 5) is 4.13. The Balaban J connectivity index is 1.56. The molecule has 0 bridgehead atoms. The van der Waals surface area contributed by atoms with E-state index in [-0.39, 0.29) is 18.2 Å². The number of aliphatic hydroxyl groups is 2. The Morgan fingerprint density at radius 3 is 2.71 bits per heavy atom. The van der Waals surface area contributed by atoms with Crippen LogP contribution in [0.25, 0.3) is 0 Å². The zero-order valence-electron chi connectivity index (χ0n) is 12.7. The summed E-state index contributed by atoms with van der Waals surface area (Å²) in [6.45, 7) is 0.602. The van der Waals surface area contributed by atoms with Gasteiger partial charge in [0.1, 0.15) is 12.2 Å². The highest BCUT2D eigenvalue weighted by Crippen LogP contribution is 2.27. The van der Waals surface area contributed by atoms with Crippen LogP contribution in [0.5, 0.6) is 0 Å². The van der Waals surface area contributed by atoms with E-state index >= 15 is 0 Å². The third-order valence-corrected chi connectivity index (χ3v) is 5.06. The quantitative estimate of drug-likeness (QED) is 0.579. The van der Waals surface area contributed by atoms with Gasteiger partial charge in [0.2, 0.25) is 0 Å². The van der Waals surface area contributed by atoms with Crippen molar-refractivity contribution >= 4 is 5.84 Å². The van der Waals surface area contributed by atoms with Gasteiger partial charge in [-0.1, -0.05) is 19.3 Å². The molecule has 0 spiro atoms. The van der Waals surface area contributed by atoms with Gasteiger partial charge in [-0.2, -0.15) is 0 Å². The van der Waals surface area contributed by atoms with Crippen LogP contribution in [0.15, 0.2) is 4.99 Å². The smallest absolute Gasteiger partial charge is 0.109 e. The second kappa shape index (κ2) is 6.60. The fourth-order valence-corrected chi connectivity index (χ4v) is 3.75. The molecule has 3 aliphatic rings. The highest BCUT2D eigenvalue weighted by atomic mass is 16.5. The lowest BCUT2D eigenvalue weighted by Crippen LogP contribution is -2.61. The molecule has 6 nitrogen and oxygen atoms in total. The summed E-state index contributed by atoms with van der Waals surface area (Å²) in [5.74, 6) is 0.845. The van der Waals surface area contributed by atoms with Gasteiger partial charge >= 0.3 is 0 Å². The third kappa shape index (κ3) is 3.23. The van der Waals surface area contributed by atoms with Crippen molar-refractivity contribution in [2.45, 2.75) is 75.0 Å². The second-order valence-electron chi connectivity index (χ2n) is 6.48. The topological polar surface area (TPSA) is 86.1 Å². The van der Waals surface area contributed by atoms with Crippen LogP contribution in [0.3, 0.4) is 0 Å². The molecule has 2 heterocycles. The van der Waals surface area contributed by atoms with Crippen LogP contribution in [-0.2, 0) is 4.74 Å². The van der Waals surface area contributed by atoms with Gasteiger partial charge in [0.15, 0.2) is 0 Å². The number of nitrogens with one attached hydrogen (secondary N) is 2. The molecule has 0 aromatic rings. The van der Waals surface area contributed by atoms with Crippen molar-refractivity contribution in [2.24, 2.45) is 4.99 Å². The average Bonchev–Trinajstić information content (AvgIpc) is 2.94. The van der Waals surface area contributed by atoms with Gasteiger partial charge in [0, 0.05) is 26.1 Å². The van der Waals surface area contributed by atoms with Gasteiger partial charge in [-0.25, -0.2) is 0 Å². The Kier molecular flexibility index (Phi) is 4.78. The van der Waals surface area contributed by atoms with Crippen LogP contribution < -0.4 is 10.6 Å². The molecule has 2 aliphatic heterocycles. The summed E-state index contributed by atoms with van der Waals surface area (Å²) in [5.41, 5.74) is 0. The molecule has 6 heteroatoms. The number of aliphatic hydroxyl groups excluding tert-OH is 2. The van der Waals surface area contributed by atoms with Crippen molar-refractivity contribution in [1.82, 2.24) is 10.6 Å². The number of hydrogen-bond acceptors (Lipinski definition) is 5. The number of amidine groups is 1. The molecule has 1 aliphatic carbocycles. The van der Waals surface area contributed by atoms with Crippen molar-refractivity contribution < 1.29 is 14.9 Å². The highest BCUT2D eigenvalue weighted by Gasteiger charge is 2.48. The Morgan fingerprint density at radius 1 is 1.24 bits per heavy atom. The zero-order valence-corrected chi connectivity index (χ0v) is 12.7. The lowest BCUT2D eigenvalue weighted by atomic mass is 9.92. The number of rotatable bonds is 3. The molecule has 1 saturated carbocycles. The summed E-state index contributed by atoms with van der Waals surface area (Å²) in [6.07, 6.45) is 4.86. The fraction of sp³-hybridized carbons (Fsp3) is 0.933. The summed E-state index contributed by atoms with van der Waals surface area (Å²) in [6, 6.07) is 0.281. The summed E-state index contributed by atoms with van der Waals surface area (Å²) in [5, 5.41) is 27.2. The fourth-order valence-electron chi connectivity index (χ4n) is 3.75. The molecular formula is C15H27N3O3. The minimum atomic E-state index is -0.856. The standard InChI is InChI=1S/C15H27N3O3/c1-16-12-7-10-13(18-12)15(20)14(19)11(21-10)8-17-9-5-3-2-4-6-9/h9-11,13-15,17,19-20H,2-8H2,1H3,(H,16,18)/t10-,11-,13+,14-,15-/m1/s1. The van der Waals surface area contributed by atoms with Gasteiger partial charge < -0.3 is 25.6 Å². The van der Waals surface area contributed by atoms with Crippen LogP contribution in [0.2, 0.25) is 0 Å². The highest BCUT2D eigenvalue weighted by molar-refractivity contribution is 5.85. The molecular weight excluding hydrogens is 270 g/mol. The van der Waals surface area contributed by atoms with E-state index in [0.29, 0.717) is 19.0 Å². The maximum atomic E-state index is 10.3. The molecule has 3 rings (SSSR count). The van der Waals surface area contributed by atoms with Crippen molar-refractivity contribution in [1.29, 1.82) is 0 Å². The molecule has 3 fully saturated rings. The van der Waals surface area contributed by atoms with E-state index < -0.39 is 12.2 Å². The largest absolute Gasteiger partial charge is 0.388 e. The van der Waals surface area contributed by atoms with E-state index in [1.165, 1.54) is 32.1 Å². The number of fused-ring (bicyclic) bond motifs is 1. The SMILES string of the molecule is CN=C1C[C@H]2O[C@H](CNC3CCCCC3)[C@@H](O)[C@H](O)[C@H]2N1. The zero-order chi connectivity index (χ0) is 14.8. The van der Waals surface area contributed by atoms with Crippen LogP contribution >= 0.6 is 0 Å². The monoisotopic (exact) mass is 297 g/mol. The minimum absolute atomic E-state index is 0.0970. The van der Waals surface area contributed by atoms with Gasteiger partial charge in [-0.05, 0) is 12.8 Å². The predicted molar refractivity (Wildman–Crippen MR) is 80.5 cm³/mol. The third-order valence-electron chi connectivity index (χ3n) is 5.06. The van der Waals surface area contributed by atoms with E-state index in [1.54, 1.807) is 7.05 Å². The Hall–Kier alpha value is -0.690. The number of hydrogen-bond donors (Lipinski definition) is 4. The van der Waals surface area contributed by atoms with Crippen molar-refractivity contribution in [3.8, 4) is 0 Å². The summed E-state index contributed by atoms with van der Waals surface area (Å²) >= 11 is 0. The van der Waals surface area contributed by atoms with Crippen LogP contribution in [0, 0.1) is 0 Å². The Bertz CT molecular complexity index is 384. The maximum Gasteiger partial charge on any atom is 0.109 e. The first kappa shape index (κ1) is 15.2. The molecule has 2 saturated heterocycles. The average molecular weight is 297 g/mol. The lowest BCUT2D eigenvalue weighted by Gasteiger charge is -2.40. The summed E-state index contributed by atoms with van der Waals surface area (Å²) in [7, 11) is 1.73. The first-order chi connectivity index (χ1) is 10.2. The first-order valence-electron chi connectivity index (χ1n) is 8.16.